The molecule has 0 spiro atoms. The Morgan fingerprint density at radius 2 is 1.96 bits per heavy atom. The number of amides is 1. The minimum atomic E-state index is -3.22. The number of rotatable bonds is 5. The SMILES string of the molecule is CN(/N=C\CS(C)(=O)=O)C(=O)C(=O)c1cn(C)c2ccccc12. The van der Waals surface area contributed by atoms with Crippen molar-refractivity contribution in [3.8, 4) is 0 Å². The average molecular weight is 335 g/mol. The van der Waals surface area contributed by atoms with Gasteiger partial charge in [0.1, 0.15) is 0 Å². The van der Waals surface area contributed by atoms with Gasteiger partial charge in [0, 0.05) is 43.7 Å². The van der Waals surface area contributed by atoms with Crippen molar-refractivity contribution in [3.63, 3.8) is 0 Å². The normalized spacial score (nSPS) is 12.0. The largest absolute Gasteiger partial charge is 0.350 e. The second-order valence-electron chi connectivity index (χ2n) is 5.22. The average Bonchev–Trinajstić information content (AvgIpc) is 2.82. The summed E-state index contributed by atoms with van der Waals surface area (Å²) in [5.41, 5.74) is 1.13. The Hall–Kier alpha value is -2.48. The standard InChI is InChI=1S/C15H17N3O4S/c1-17-10-12(11-6-4-5-7-13(11)17)14(19)15(20)18(2)16-8-9-23(3,21)22/h4-8,10H,9H2,1-3H3/b16-8-. The van der Waals surface area contributed by atoms with Gasteiger partial charge in [0.2, 0.25) is 0 Å². The van der Waals surface area contributed by atoms with E-state index >= 15 is 0 Å². The molecule has 7 nitrogen and oxygen atoms in total. The lowest BCUT2D eigenvalue weighted by Crippen LogP contribution is -2.29. The maximum Gasteiger partial charge on any atom is 0.314 e. The van der Waals surface area contributed by atoms with Gasteiger partial charge in [0.15, 0.2) is 9.84 Å². The molecule has 0 saturated heterocycles. The summed E-state index contributed by atoms with van der Waals surface area (Å²) in [6, 6.07) is 7.25. The summed E-state index contributed by atoms with van der Waals surface area (Å²) in [4.78, 5) is 24.5. The molecular formula is C15H17N3O4S. The van der Waals surface area contributed by atoms with Crippen molar-refractivity contribution in [1.82, 2.24) is 9.58 Å². The third kappa shape index (κ3) is 3.84. The Balaban J connectivity index is 2.23. The van der Waals surface area contributed by atoms with Crippen molar-refractivity contribution in [3.05, 3.63) is 36.0 Å². The van der Waals surface area contributed by atoms with Crippen LogP contribution in [-0.4, -0.2) is 55.0 Å². The minimum absolute atomic E-state index is 0.290. The number of carbonyl (C=O) groups excluding carboxylic acids is 2. The van der Waals surface area contributed by atoms with Crippen molar-refractivity contribution in [1.29, 1.82) is 0 Å². The zero-order chi connectivity index (χ0) is 17.2. The summed E-state index contributed by atoms with van der Waals surface area (Å²) in [6.07, 6.45) is 3.74. The van der Waals surface area contributed by atoms with Crippen LogP contribution < -0.4 is 0 Å². The van der Waals surface area contributed by atoms with Gasteiger partial charge >= 0.3 is 5.91 Å². The fourth-order valence-electron chi connectivity index (χ4n) is 2.13. The van der Waals surface area contributed by atoms with Gasteiger partial charge in [0.05, 0.1) is 11.3 Å². The van der Waals surface area contributed by atoms with E-state index in [1.165, 1.54) is 7.05 Å². The molecule has 23 heavy (non-hydrogen) atoms. The molecule has 1 aromatic carbocycles. The maximum absolute atomic E-state index is 12.4. The monoisotopic (exact) mass is 335 g/mol. The van der Waals surface area contributed by atoms with E-state index in [1.54, 1.807) is 29.9 Å². The molecule has 0 unspecified atom stereocenters. The molecule has 1 aromatic heterocycles. The number of fused-ring (bicyclic) bond motifs is 1. The molecule has 1 heterocycles. The summed E-state index contributed by atoms with van der Waals surface area (Å²) in [6.45, 7) is 0. The molecule has 0 aliphatic rings. The molecule has 0 fully saturated rings. The molecule has 1 amide bonds. The van der Waals surface area contributed by atoms with Gasteiger partial charge in [-0.15, -0.1) is 0 Å². The molecule has 0 saturated carbocycles. The first-order valence-electron chi connectivity index (χ1n) is 6.77. The third-order valence-electron chi connectivity index (χ3n) is 3.26. The highest BCUT2D eigenvalue weighted by Crippen LogP contribution is 2.21. The highest BCUT2D eigenvalue weighted by Gasteiger charge is 2.23. The van der Waals surface area contributed by atoms with E-state index in [9.17, 15) is 18.0 Å². The number of Topliss-reactive ketones (excluding diaryl/α,β-unsaturated/α-hetero) is 1. The minimum Gasteiger partial charge on any atom is -0.350 e. The lowest BCUT2D eigenvalue weighted by atomic mass is 10.1. The molecule has 0 atom stereocenters. The Labute approximate surface area is 134 Å². The van der Waals surface area contributed by atoms with Gasteiger partial charge < -0.3 is 4.57 Å². The third-order valence-corrected chi connectivity index (χ3v) is 4.02. The van der Waals surface area contributed by atoms with Crippen molar-refractivity contribution in [2.45, 2.75) is 0 Å². The second kappa shape index (κ2) is 6.33. The number of aryl methyl sites for hydroxylation is 1. The molecule has 2 rings (SSSR count). The second-order valence-corrected chi connectivity index (χ2v) is 7.40. The smallest absolute Gasteiger partial charge is 0.314 e. The van der Waals surface area contributed by atoms with E-state index in [1.807, 2.05) is 12.1 Å². The van der Waals surface area contributed by atoms with Crippen LogP contribution in [0.4, 0.5) is 0 Å². The lowest BCUT2D eigenvalue weighted by molar-refractivity contribution is -0.125. The Kier molecular flexibility index (Phi) is 4.65. The molecule has 0 aliphatic carbocycles. The van der Waals surface area contributed by atoms with Crippen LogP contribution in [0.1, 0.15) is 10.4 Å². The summed E-state index contributed by atoms with van der Waals surface area (Å²) in [5.74, 6) is -1.82. The van der Waals surface area contributed by atoms with Crippen LogP contribution in [0, 0.1) is 0 Å². The summed E-state index contributed by atoms with van der Waals surface area (Å²) in [7, 11) is -0.120. The van der Waals surface area contributed by atoms with Crippen molar-refractivity contribution in [2.24, 2.45) is 12.1 Å². The van der Waals surface area contributed by atoms with Crippen molar-refractivity contribution < 1.29 is 18.0 Å². The van der Waals surface area contributed by atoms with Crippen LogP contribution >= 0.6 is 0 Å². The summed E-state index contributed by atoms with van der Waals surface area (Å²) < 4.78 is 23.8. The van der Waals surface area contributed by atoms with E-state index in [2.05, 4.69) is 5.10 Å². The van der Waals surface area contributed by atoms with Gasteiger partial charge in [-0.25, -0.2) is 13.4 Å². The number of hydrazone groups is 1. The molecule has 2 aromatic rings. The summed E-state index contributed by atoms with van der Waals surface area (Å²) >= 11 is 0. The van der Waals surface area contributed by atoms with Crippen LogP contribution in [0.25, 0.3) is 10.9 Å². The predicted molar refractivity (Wildman–Crippen MR) is 88.2 cm³/mol. The van der Waals surface area contributed by atoms with Gasteiger partial charge in [0.25, 0.3) is 5.78 Å². The first-order valence-corrected chi connectivity index (χ1v) is 8.83. The van der Waals surface area contributed by atoms with Gasteiger partial charge in [-0.05, 0) is 6.07 Å². The highest BCUT2D eigenvalue weighted by molar-refractivity contribution is 7.91. The quantitative estimate of drug-likeness (QED) is 0.351. The molecule has 0 N–H and O–H groups in total. The fourth-order valence-corrected chi connectivity index (χ4v) is 2.47. The number of para-hydroxylation sites is 1. The zero-order valence-corrected chi connectivity index (χ0v) is 13.9. The number of hydrogen-bond donors (Lipinski definition) is 0. The van der Waals surface area contributed by atoms with E-state index in [-0.39, 0.29) is 5.75 Å². The number of carbonyl (C=O) groups is 2. The van der Waals surface area contributed by atoms with Crippen LogP contribution in [-0.2, 0) is 21.7 Å². The van der Waals surface area contributed by atoms with Crippen molar-refractivity contribution in [2.75, 3.05) is 19.1 Å². The first-order chi connectivity index (χ1) is 10.7. The number of ketones is 1. The highest BCUT2D eigenvalue weighted by atomic mass is 32.2. The number of hydrogen-bond acceptors (Lipinski definition) is 5. The van der Waals surface area contributed by atoms with Crippen LogP contribution in [0.2, 0.25) is 0 Å². The number of sulfone groups is 1. The number of likely N-dealkylation sites (N-methyl/N-ethyl adjacent to an activating group) is 1. The van der Waals surface area contributed by atoms with Gasteiger partial charge in [-0.2, -0.15) is 5.10 Å². The van der Waals surface area contributed by atoms with E-state index in [0.717, 1.165) is 23.0 Å². The number of benzene rings is 1. The van der Waals surface area contributed by atoms with E-state index in [0.29, 0.717) is 10.9 Å². The van der Waals surface area contributed by atoms with E-state index in [4.69, 9.17) is 0 Å². The number of aromatic nitrogens is 1. The van der Waals surface area contributed by atoms with Gasteiger partial charge in [-0.1, -0.05) is 18.2 Å². The topological polar surface area (TPSA) is 88.8 Å². The molecular weight excluding hydrogens is 318 g/mol. The summed E-state index contributed by atoms with van der Waals surface area (Å²) in [5, 5.41) is 5.22. The first kappa shape index (κ1) is 16.9. The van der Waals surface area contributed by atoms with Crippen LogP contribution in [0.5, 0.6) is 0 Å². The Morgan fingerprint density at radius 3 is 2.61 bits per heavy atom. The molecule has 0 radical (unpaired) electrons. The van der Waals surface area contributed by atoms with Gasteiger partial charge in [-0.3, -0.25) is 9.59 Å². The van der Waals surface area contributed by atoms with Crippen LogP contribution in [0.15, 0.2) is 35.6 Å². The molecule has 0 aliphatic heterocycles. The molecule has 0 bridgehead atoms. The fraction of sp³-hybridized carbons (Fsp3) is 0.267. The lowest BCUT2D eigenvalue weighted by Gasteiger charge is -2.09. The van der Waals surface area contributed by atoms with Crippen molar-refractivity contribution >= 4 is 38.6 Å². The number of nitrogens with zero attached hydrogens (tertiary/aromatic N) is 3. The Bertz CT molecular complexity index is 897. The van der Waals surface area contributed by atoms with Crippen LogP contribution in [0.3, 0.4) is 0 Å². The Morgan fingerprint density at radius 1 is 1.30 bits per heavy atom. The maximum atomic E-state index is 12.4. The zero-order valence-electron chi connectivity index (χ0n) is 13.1. The van der Waals surface area contributed by atoms with E-state index < -0.39 is 21.5 Å². The molecule has 122 valence electrons. The molecule has 8 heteroatoms. The predicted octanol–water partition coefficient (Wildman–Crippen LogP) is 0.850.